The van der Waals surface area contributed by atoms with E-state index in [1.807, 2.05) is 0 Å². The number of alkyl halides is 3. The summed E-state index contributed by atoms with van der Waals surface area (Å²) < 4.78 is 68.0. The van der Waals surface area contributed by atoms with Gasteiger partial charge in [0, 0.05) is 18.9 Å². The lowest BCUT2D eigenvalue weighted by Crippen LogP contribution is -2.14. The van der Waals surface area contributed by atoms with E-state index in [-0.39, 0.29) is 40.0 Å². The van der Waals surface area contributed by atoms with E-state index < -0.39 is 27.7 Å². The summed E-state index contributed by atoms with van der Waals surface area (Å²) in [5, 5.41) is 11.5. The van der Waals surface area contributed by atoms with Crippen LogP contribution < -0.4 is 10.0 Å². The molecular weight excluding hydrogens is 495 g/mol. The molecule has 3 N–H and O–H groups in total. The van der Waals surface area contributed by atoms with Crippen molar-refractivity contribution >= 4 is 54.3 Å². The minimum Gasteiger partial charge on any atom is -0.481 e. The van der Waals surface area contributed by atoms with E-state index >= 15 is 0 Å². The van der Waals surface area contributed by atoms with Crippen molar-refractivity contribution in [3.63, 3.8) is 0 Å². The fourth-order valence-corrected chi connectivity index (χ4v) is 4.85. The average molecular weight is 512 g/mol. The fraction of sp³-hybridized carbons (Fsp3) is 0.190. The van der Waals surface area contributed by atoms with Crippen molar-refractivity contribution in [2.24, 2.45) is 0 Å². The number of aromatic nitrogens is 1. The first-order chi connectivity index (χ1) is 15.8. The number of halogens is 3. The van der Waals surface area contributed by atoms with E-state index in [2.05, 4.69) is 26.9 Å². The fourth-order valence-electron chi connectivity index (χ4n) is 2.72. The lowest BCUT2D eigenvalue weighted by molar-refractivity contribution is -0.138. The minimum absolute atomic E-state index is 0.129. The number of sulfonamides is 1. The van der Waals surface area contributed by atoms with E-state index in [0.29, 0.717) is 22.3 Å². The Morgan fingerprint density at radius 2 is 1.91 bits per heavy atom. The van der Waals surface area contributed by atoms with Gasteiger partial charge >= 0.3 is 12.1 Å². The Morgan fingerprint density at radius 1 is 1.18 bits per heavy atom. The Kier molecular flexibility index (Phi) is 7.13. The van der Waals surface area contributed by atoms with Gasteiger partial charge in [-0.05, 0) is 36.4 Å². The zero-order valence-electron chi connectivity index (χ0n) is 17.4. The lowest BCUT2D eigenvalue weighted by atomic mass is 10.1. The summed E-state index contributed by atoms with van der Waals surface area (Å²) in [6.07, 6.45) is -5.13. The molecule has 8 nitrogen and oxygen atoms in total. The zero-order valence-corrected chi connectivity index (χ0v) is 19.0. The lowest BCUT2D eigenvalue weighted by Gasteiger charge is -2.13. The number of nitrogens with zero attached hydrogens (tertiary/aromatic N) is 1. The Balaban J connectivity index is 1.96. The third-order valence-corrected chi connectivity index (χ3v) is 6.53. The first-order valence-corrected chi connectivity index (χ1v) is 11.8. The van der Waals surface area contributed by atoms with Crippen molar-refractivity contribution < 1.29 is 36.3 Å². The number of hydrogen-bond donors (Lipinski definition) is 3. The molecule has 0 aliphatic carbocycles. The minimum atomic E-state index is -4.68. The second-order valence-corrected chi connectivity index (χ2v) is 9.60. The molecular formula is C21H16F3N3O5S2. The molecule has 1 aromatic heterocycles. The molecule has 34 heavy (non-hydrogen) atoms. The van der Waals surface area contributed by atoms with Crippen molar-refractivity contribution in [1.82, 2.24) is 4.98 Å². The van der Waals surface area contributed by atoms with Crippen LogP contribution in [0, 0.1) is 11.8 Å². The second kappa shape index (κ2) is 9.70. The first kappa shape index (κ1) is 25.0. The predicted octanol–water partition coefficient (Wildman–Crippen LogP) is 4.29. The zero-order chi connectivity index (χ0) is 25.1. The van der Waals surface area contributed by atoms with Crippen LogP contribution >= 0.6 is 11.3 Å². The van der Waals surface area contributed by atoms with Crippen molar-refractivity contribution in [2.75, 3.05) is 10.0 Å². The molecule has 0 aliphatic rings. The predicted molar refractivity (Wildman–Crippen MR) is 120 cm³/mol. The molecule has 0 radical (unpaired) electrons. The normalized spacial score (nSPS) is 11.5. The molecule has 1 amide bonds. The molecule has 0 bridgehead atoms. The van der Waals surface area contributed by atoms with Gasteiger partial charge in [0.1, 0.15) is 0 Å². The maximum Gasteiger partial charge on any atom is 0.416 e. The van der Waals surface area contributed by atoms with Crippen molar-refractivity contribution in [3.8, 4) is 11.8 Å². The standard InChI is InChI=1S/C21H16F3N3O5S2/c1-12(28)25-20-26-17-9-7-15(11-18(17)33-20)34(31,32)27-16-8-6-14(21(22,23)24)10-13(16)4-2-3-5-19(29)30/h6-11,27H,3,5H2,1H3,(H,29,30)(H,25,26,28). The summed E-state index contributed by atoms with van der Waals surface area (Å²) >= 11 is 1.06. The molecule has 3 aromatic rings. The van der Waals surface area contributed by atoms with Gasteiger partial charge in [0.05, 0.1) is 32.8 Å². The molecule has 0 atom stereocenters. The first-order valence-electron chi connectivity index (χ1n) is 9.48. The molecule has 0 unspecified atom stereocenters. The van der Waals surface area contributed by atoms with Crippen LogP contribution in [-0.4, -0.2) is 30.4 Å². The van der Waals surface area contributed by atoms with Crippen molar-refractivity contribution in [3.05, 3.63) is 47.5 Å². The number of hydrogen-bond acceptors (Lipinski definition) is 6. The van der Waals surface area contributed by atoms with Crippen LogP contribution in [-0.2, 0) is 25.8 Å². The number of rotatable bonds is 6. The number of thiazole rings is 1. The maximum atomic E-state index is 13.1. The highest BCUT2D eigenvalue weighted by Gasteiger charge is 2.31. The van der Waals surface area contributed by atoms with Gasteiger partial charge in [0.15, 0.2) is 5.13 Å². The number of carbonyl (C=O) groups excluding carboxylic acids is 1. The summed E-state index contributed by atoms with van der Waals surface area (Å²) in [6.45, 7) is 1.30. The van der Waals surface area contributed by atoms with E-state index in [1.54, 1.807) is 0 Å². The number of fused-ring (bicyclic) bond motifs is 1. The third kappa shape index (κ3) is 6.24. The van der Waals surface area contributed by atoms with Gasteiger partial charge in [-0.3, -0.25) is 14.3 Å². The topological polar surface area (TPSA) is 125 Å². The smallest absolute Gasteiger partial charge is 0.416 e. The van der Waals surface area contributed by atoms with Crippen LogP contribution in [0.25, 0.3) is 10.2 Å². The highest BCUT2D eigenvalue weighted by atomic mass is 32.2. The summed E-state index contributed by atoms with van der Waals surface area (Å²) in [5.74, 6) is 3.40. The molecule has 3 rings (SSSR count). The summed E-state index contributed by atoms with van der Waals surface area (Å²) in [6, 6.07) is 6.38. The molecule has 0 fully saturated rings. The molecule has 178 valence electrons. The van der Waals surface area contributed by atoms with Crippen LogP contribution in [0.5, 0.6) is 0 Å². The second-order valence-electron chi connectivity index (χ2n) is 6.89. The third-order valence-electron chi connectivity index (χ3n) is 4.23. The Hall–Kier alpha value is -3.63. The highest BCUT2D eigenvalue weighted by molar-refractivity contribution is 7.92. The number of aliphatic carboxylic acids is 1. The van der Waals surface area contributed by atoms with Crippen molar-refractivity contribution in [2.45, 2.75) is 30.8 Å². The molecule has 1 heterocycles. The van der Waals surface area contributed by atoms with E-state index in [0.717, 1.165) is 17.4 Å². The largest absolute Gasteiger partial charge is 0.481 e. The molecule has 0 saturated carbocycles. The van der Waals surface area contributed by atoms with Crippen LogP contribution in [0.4, 0.5) is 24.0 Å². The summed E-state index contributed by atoms with van der Waals surface area (Å²) in [5.41, 5.74) is -1.03. The Bertz CT molecular complexity index is 1440. The van der Waals surface area contributed by atoms with Gasteiger partial charge < -0.3 is 10.4 Å². The van der Waals surface area contributed by atoms with E-state index in [9.17, 15) is 31.2 Å². The van der Waals surface area contributed by atoms with Gasteiger partial charge in [-0.15, -0.1) is 0 Å². The van der Waals surface area contributed by atoms with Crippen LogP contribution in [0.1, 0.15) is 30.9 Å². The van der Waals surface area contributed by atoms with Gasteiger partial charge in [0.25, 0.3) is 10.0 Å². The van der Waals surface area contributed by atoms with Crippen LogP contribution in [0.2, 0.25) is 0 Å². The van der Waals surface area contributed by atoms with Crippen LogP contribution in [0.15, 0.2) is 41.3 Å². The quantitative estimate of drug-likeness (QED) is 0.424. The maximum absolute atomic E-state index is 13.1. The summed E-state index contributed by atoms with van der Waals surface area (Å²) in [4.78, 5) is 25.8. The van der Waals surface area contributed by atoms with Crippen LogP contribution in [0.3, 0.4) is 0 Å². The molecule has 0 aliphatic heterocycles. The molecule has 0 spiro atoms. The van der Waals surface area contributed by atoms with Gasteiger partial charge in [-0.25, -0.2) is 13.4 Å². The van der Waals surface area contributed by atoms with E-state index in [4.69, 9.17) is 5.11 Å². The molecule has 0 saturated heterocycles. The van der Waals surface area contributed by atoms with Gasteiger partial charge in [-0.2, -0.15) is 13.2 Å². The number of carbonyl (C=O) groups is 2. The number of nitrogens with one attached hydrogen (secondary N) is 2. The monoisotopic (exact) mass is 511 g/mol. The number of benzene rings is 2. The Labute approximate surface area is 195 Å². The highest BCUT2D eigenvalue weighted by Crippen LogP contribution is 2.33. The molecule has 13 heteroatoms. The number of carboxylic acid groups (broad SMARTS) is 1. The SMILES string of the molecule is CC(=O)Nc1nc2ccc(S(=O)(=O)Nc3ccc(C(F)(F)F)cc3C#CCCC(=O)O)cc2s1. The van der Waals surface area contributed by atoms with Gasteiger partial charge in [0.2, 0.25) is 5.91 Å². The number of carboxylic acids is 1. The number of anilines is 2. The van der Waals surface area contributed by atoms with Gasteiger partial charge in [-0.1, -0.05) is 23.2 Å². The van der Waals surface area contributed by atoms with Crippen molar-refractivity contribution in [1.29, 1.82) is 0 Å². The van der Waals surface area contributed by atoms with E-state index in [1.165, 1.54) is 25.1 Å². The molecule has 2 aromatic carbocycles. The summed E-state index contributed by atoms with van der Waals surface area (Å²) in [7, 11) is -4.24. The Morgan fingerprint density at radius 3 is 2.56 bits per heavy atom. The number of amides is 1. The average Bonchev–Trinajstić information content (AvgIpc) is 3.11.